The van der Waals surface area contributed by atoms with Crippen LogP contribution in [-0.4, -0.2) is 26.8 Å². The predicted octanol–water partition coefficient (Wildman–Crippen LogP) is 5.03. The summed E-state index contributed by atoms with van der Waals surface area (Å²) in [5, 5.41) is 0. The van der Waals surface area contributed by atoms with Gasteiger partial charge in [0.15, 0.2) is 0 Å². The van der Waals surface area contributed by atoms with Gasteiger partial charge in [0.05, 0.1) is 14.2 Å². The van der Waals surface area contributed by atoms with Gasteiger partial charge in [0.1, 0.15) is 29.9 Å². The number of carbonyl (C=O) groups excluding carboxylic acids is 2. The Labute approximate surface area is 159 Å². The van der Waals surface area contributed by atoms with E-state index in [0.717, 1.165) is 23.9 Å². The van der Waals surface area contributed by atoms with Gasteiger partial charge in [-0.15, -0.1) is 0 Å². The standard InChI is InChI=1S/C14H13FO2.2C4H6O/c1-16-11-5-3-10(4-6-11)13-8-7-12(17-2)9-14(13)15;2*1-4(2)3-5/h3-9H,1-2H3;2*3H,1H2,2H3. The first-order valence-corrected chi connectivity index (χ1v) is 7.98. The van der Waals surface area contributed by atoms with E-state index >= 15 is 0 Å². The summed E-state index contributed by atoms with van der Waals surface area (Å²) < 4.78 is 23.8. The maximum absolute atomic E-state index is 13.8. The van der Waals surface area contributed by atoms with Crippen LogP contribution in [-0.2, 0) is 9.59 Å². The minimum absolute atomic E-state index is 0.297. The lowest BCUT2D eigenvalue weighted by molar-refractivity contribution is -0.105. The molecule has 0 aliphatic rings. The van der Waals surface area contributed by atoms with Crippen molar-refractivity contribution in [2.45, 2.75) is 13.8 Å². The molecule has 0 bridgehead atoms. The van der Waals surface area contributed by atoms with Gasteiger partial charge in [0.2, 0.25) is 0 Å². The molecule has 0 radical (unpaired) electrons. The molecule has 0 aliphatic carbocycles. The van der Waals surface area contributed by atoms with Crippen LogP contribution in [0, 0.1) is 5.82 Å². The molecule has 144 valence electrons. The van der Waals surface area contributed by atoms with Crippen molar-refractivity contribution in [3.8, 4) is 22.6 Å². The van der Waals surface area contributed by atoms with E-state index in [1.807, 2.05) is 12.1 Å². The quantitative estimate of drug-likeness (QED) is 0.545. The molecule has 0 aromatic heterocycles. The number of aldehydes is 2. The lowest BCUT2D eigenvalue weighted by atomic mass is 10.0. The second kappa shape index (κ2) is 13.1. The van der Waals surface area contributed by atoms with Crippen LogP contribution in [0.5, 0.6) is 11.5 Å². The molecule has 2 aromatic rings. The number of halogens is 1. The van der Waals surface area contributed by atoms with E-state index in [1.54, 1.807) is 45.2 Å². The Morgan fingerprint density at radius 2 is 1.26 bits per heavy atom. The molecule has 0 amide bonds. The second-order valence-corrected chi connectivity index (χ2v) is 5.50. The van der Waals surface area contributed by atoms with E-state index in [9.17, 15) is 14.0 Å². The third-order valence-corrected chi connectivity index (χ3v) is 2.98. The molecule has 0 aliphatic heterocycles. The fourth-order valence-corrected chi connectivity index (χ4v) is 1.63. The van der Waals surface area contributed by atoms with Gasteiger partial charge >= 0.3 is 0 Å². The van der Waals surface area contributed by atoms with E-state index in [1.165, 1.54) is 13.2 Å². The van der Waals surface area contributed by atoms with Crippen molar-refractivity contribution in [3.63, 3.8) is 0 Å². The van der Waals surface area contributed by atoms with Gasteiger partial charge in [-0.1, -0.05) is 25.3 Å². The van der Waals surface area contributed by atoms with Crippen LogP contribution in [0.15, 0.2) is 66.8 Å². The summed E-state index contributed by atoms with van der Waals surface area (Å²) >= 11 is 0. The highest BCUT2D eigenvalue weighted by atomic mass is 19.1. The fraction of sp³-hybridized carbons (Fsp3) is 0.182. The third kappa shape index (κ3) is 9.75. The first-order valence-electron chi connectivity index (χ1n) is 7.98. The lowest BCUT2D eigenvalue weighted by Gasteiger charge is -2.06. The fourth-order valence-electron chi connectivity index (χ4n) is 1.63. The highest BCUT2D eigenvalue weighted by Gasteiger charge is 2.06. The van der Waals surface area contributed by atoms with E-state index in [2.05, 4.69) is 13.2 Å². The lowest BCUT2D eigenvalue weighted by Crippen LogP contribution is -1.88. The Balaban J connectivity index is 0.000000563. The molecule has 2 rings (SSSR count). The Morgan fingerprint density at radius 3 is 1.59 bits per heavy atom. The molecule has 27 heavy (non-hydrogen) atoms. The summed E-state index contributed by atoms with van der Waals surface area (Å²) in [5.41, 5.74) is 2.51. The van der Waals surface area contributed by atoms with Crippen LogP contribution in [0.4, 0.5) is 4.39 Å². The minimum atomic E-state index is -0.297. The number of hydrogen-bond donors (Lipinski definition) is 0. The van der Waals surface area contributed by atoms with Crippen molar-refractivity contribution in [1.29, 1.82) is 0 Å². The molecule has 5 heteroatoms. The van der Waals surface area contributed by atoms with Crippen molar-refractivity contribution in [2.75, 3.05) is 14.2 Å². The van der Waals surface area contributed by atoms with Gasteiger partial charge in [-0.2, -0.15) is 0 Å². The van der Waals surface area contributed by atoms with Crippen molar-refractivity contribution in [3.05, 3.63) is 72.6 Å². The van der Waals surface area contributed by atoms with Gasteiger partial charge in [0, 0.05) is 11.6 Å². The first kappa shape index (κ1) is 23.8. The minimum Gasteiger partial charge on any atom is -0.497 e. The van der Waals surface area contributed by atoms with Crippen LogP contribution >= 0.6 is 0 Å². The summed E-state index contributed by atoms with van der Waals surface area (Å²) in [6.07, 6.45) is 1.44. The zero-order valence-electron chi connectivity index (χ0n) is 16.1. The Bertz CT molecular complexity index is 746. The van der Waals surface area contributed by atoms with Gasteiger partial charge in [-0.25, -0.2) is 4.39 Å². The largest absolute Gasteiger partial charge is 0.497 e. The molecule has 0 saturated carbocycles. The van der Waals surface area contributed by atoms with E-state index in [-0.39, 0.29) is 5.82 Å². The molecular weight excluding hydrogens is 347 g/mol. The molecule has 0 atom stereocenters. The van der Waals surface area contributed by atoms with Crippen molar-refractivity contribution >= 4 is 12.6 Å². The highest BCUT2D eigenvalue weighted by Crippen LogP contribution is 2.27. The number of hydrogen-bond acceptors (Lipinski definition) is 4. The van der Waals surface area contributed by atoms with E-state index in [4.69, 9.17) is 9.47 Å². The van der Waals surface area contributed by atoms with Crippen molar-refractivity contribution in [1.82, 2.24) is 0 Å². The maximum atomic E-state index is 13.8. The van der Waals surface area contributed by atoms with Gasteiger partial charge in [0.25, 0.3) is 0 Å². The molecule has 0 fully saturated rings. The average molecular weight is 372 g/mol. The summed E-state index contributed by atoms with van der Waals surface area (Å²) in [4.78, 5) is 18.8. The average Bonchev–Trinajstić information content (AvgIpc) is 2.68. The van der Waals surface area contributed by atoms with Crippen LogP contribution in [0.2, 0.25) is 0 Å². The Kier molecular flexibility index (Phi) is 11.5. The van der Waals surface area contributed by atoms with Crippen LogP contribution in [0.25, 0.3) is 11.1 Å². The monoisotopic (exact) mass is 372 g/mol. The van der Waals surface area contributed by atoms with Gasteiger partial charge in [-0.05, 0) is 54.8 Å². The van der Waals surface area contributed by atoms with Gasteiger partial charge < -0.3 is 9.47 Å². The number of carbonyl (C=O) groups is 2. The number of ether oxygens (including phenoxy) is 2. The Morgan fingerprint density at radius 1 is 0.852 bits per heavy atom. The van der Waals surface area contributed by atoms with Crippen LogP contribution in [0.3, 0.4) is 0 Å². The first-order chi connectivity index (χ1) is 12.8. The predicted molar refractivity (Wildman–Crippen MR) is 107 cm³/mol. The summed E-state index contributed by atoms with van der Waals surface area (Å²) in [7, 11) is 3.12. The third-order valence-electron chi connectivity index (χ3n) is 2.98. The van der Waals surface area contributed by atoms with Crippen molar-refractivity contribution in [2.24, 2.45) is 0 Å². The smallest absolute Gasteiger partial charge is 0.145 e. The molecule has 2 aromatic carbocycles. The SMILES string of the molecule is C=C(C)C=O.C=C(C)C=O.COc1ccc(-c2ccc(OC)cc2F)cc1. The normalized spacial score (nSPS) is 8.78. The zero-order valence-corrected chi connectivity index (χ0v) is 16.1. The molecule has 0 spiro atoms. The van der Waals surface area contributed by atoms with Crippen LogP contribution in [0.1, 0.15) is 13.8 Å². The maximum Gasteiger partial charge on any atom is 0.145 e. The number of benzene rings is 2. The highest BCUT2D eigenvalue weighted by molar-refractivity contribution is 5.71. The molecule has 0 N–H and O–H groups in total. The topological polar surface area (TPSA) is 52.6 Å². The van der Waals surface area contributed by atoms with Crippen LogP contribution < -0.4 is 9.47 Å². The number of rotatable bonds is 5. The van der Waals surface area contributed by atoms with Crippen molar-refractivity contribution < 1.29 is 23.5 Å². The molecule has 0 heterocycles. The van der Waals surface area contributed by atoms with E-state index < -0.39 is 0 Å². The second-order valence-electron chi connectivity index (χ2n) is 5.50. The number of allylic oxidation sites excluding steroid dienone is 2. The zero-order chi connectivity index (χ0) is 20.8. The molecule has 0 saturated heterocycles. The molecule has 4 nitrogen and oxygen atoms in total. The van der Waals surface area contributed by atoms with E-state index in [0.29, 0.717) is 22.5 Å². The Hall–Kier alpha value is -3.21. The summed E-state index contributed by atoms with van der Waals surface area (Å²) in [6, 6.07) is 12.1. The molecule has 0 unspecified atom stereocenters. The number of methoxy groups -OCH3 is 2. The summed E-state index contributed by atoms with van der Waals surface area (Å²) in [5.74, 6) is 0.969. The van der Waals surface area contributed by atoms with Gasteiger partial charge in [-0.3, -0.25) is 9.59 Å². The molecular formula is C22H25FO4. The summed E-state index contributed by atoms with van der Waals surface area (Å²) in [6.45, 7) is 9.93.